The van der Waals surface area contributed by atoms with E-state index in [1.807, 2.05) is 17.1 Å². The van der Waals surface area contributed by atoms with Crippen LogP contribution in [0.1, 0.15) is 41.7 Å². The van der Waals surface area contributed by atoms with Crippen LogP contribution in [-0.2, 0) is 4.74 Å². The van der Waals surface area contributed by atoms with Crippen LogP contribution >= 0.6 is 0 Å². The van der Waals surface area contributed by atoms with Crippen molar-refractivity contribution < 1.29 is 19.4 Å². The maximum Gasteiger partial charge on any atom is 0.414 e. The van der Waals surface area contributed by atoms with E-state index in [-0.39, 0.29) is 36.5 Å². The molecule has 0 radical (unpaired) electrons. The van der Waals surface area contributed by atoms with Crippen LogP contribution in [0.2, 0.25) is 0 Å². The first kappa shape index (κ1) is 19.4. The highest BCUT2D eigenvalue weighted by molar-refractivity contribution is 5.96. The second-order valence-corrected chi connectivity index (χ2v) is 7.92. The third kappa shape index (κ3) is 3.72. The molecule has 1 N–H and O–H groups in total. The van der Waals surface area contributed by atoms with E-state index in [2.05, 4.69) is 18.9 Å². The minimum atomic E-state index is -0.362. The van der Waals surface area contributed by atoms with Crippen molar-refractivity contribution in [2.24, 2.45) is 5.92 Å². The van der Waals surface area contributed by atoms with Crippen LogP contribution in [0.5, 0.6) is 0 Å². The van der Waals surface area contributed by atoms with Crippen molar-refractivity contribution in [1.29, 1.82) is 0 Å². The summed E-state index contributed by atoms with van der Waals surface area (Å²) in [6, 6.07) is 7.28. The van der Waals surface area contributed by atoms with Gasteiger partial charge in [-0.05, 0) is 43.7 Å². The Labute approximate surface area is 169 Å². The third-order valence-corrected chi connectivity index (χ3v) is 5.73. The van der Waals surface area contributed by atoms with E-state index >= 15 is 0 Å². The number of aromatic nitrogens is 2. The van der Waals surface area contributed by atoms with Gasteiger partial charge in [-0.25, -0.2) is 4.79 Å². The van der Waals surface area contributed by atoms with E-state index in [1.165, 1.54) is 0 Å². The van der Waals surface area contributed by atoms with Gasteiger partial charge in [0.25, 0.3) is 5.91 Å². The van der Waals surface area contributed by atoms with E-state index in [1.54, 1.807) is 34.1 Å². The van der Waals surface area contributed by atoms with Gasteiger partial charge in [-0.1, -0.05) is 0 Å². The highest BCUT2D eigenvalue weighted by atomic mass is 16.6. The lowest BCUT2D eigenvalue weighted by Gasteiger charge is -2.17. The molecule has 0 saturated carbocycles. The first-order valence-corrected chi connectivity index (χ1v) is 9.96. The van der Waals surface area contributed by atoms with Crippen molar-refractivity contribution in [3.8, 4) is 0 Å². The smallest absolute Gasteiger partial charge is 0.414 e. The molecule has 4 rings (SSSR count). The molecule has 154 valence electrons. The zero-order valence-electron chi connectivity index (χ0n) is 16.7. The van der Waals surface area contributed by atoms with E-state index < -0.39 is 0 Å². The second-order valence-electron chi connectivity index (χ2n) is 7.92. The quantitative estimate of drug-likeness (QED) is 0.835. The van der Waals surface area contributed by atoms with E-state index in [4.69, 9.17) is 4.74 Å². The maximum atomic E-state index is 13.0. The molecule has 2 amide bonds. The van der Waals surface area contributed by atoms with Crippen LogP contribution in [0, 0.1) is 5.92 Å². The summed E-state index contributed by atoms with van der Waals surface area (Å²) in [5, 5.41) is 14.3. The predicted molar refractivity (Wildman–Crippen MR) is 107 cm³/mol. The summed E-state index contributed by atoms with van der Waals surface area (Å²) in [5.41, 5.74) is 2.34. The fourth-order valence-electron chi connectivity index (χ4n) is 4.02. The van der Waals surface area contributed by atoms with Gasteiger partial charge in [0.2, 0.25) is 0 Å². The Hall–Kier alpha value is -2.87. The SMILES string of the molecule is CC(C)n1cc([C@@H]2CN(C(=O)c3ccc(N4CCOC4=O)cc3)C[C@H]2CO)cn1. The fraction of sp³-hybridized carbons (Fsp3) is 0.476. The van der Waals surface area contributed by atoms with Gasteiger partial charge in [0.05, 0.1) is 12.7 Å². The molecule has 0 unspecified atom stereocenters. The molecule has 1 aromatic heterocycles. The molecule has 3 heterocycles. The van der Waals surface area contributed by atoms with Crippen molar-refractivity contribution in [3.05, 3.63) is 47.8 Å². The molecular weight excluding hydrogens is 372 g/mol. The fourth-order valence-corrected chi connectivity index (χ4v) is 4.02. The number of anilines is 1. The van der Waals surface area contributed by atoms with Gasteiger partial charge in [0.15, 0.2) is 0 Å². The molecular formula is C21H26N4O4. The summed E-state index contributed by atoms with van der Waals surface area (Å²) in [7, 11) is 0. The summed E-state index contributed by atoms with van der Waals surface area (Å²) in [6.45, 7) is 6.11. The third-order valence-electron chi connectivity index (χ3n) is 5.73. The number of cyclic esters (lactones) is 1. The molecule has 29 heavy (non-hydrogen) atoms. The van der Waals surface area contributed by atoms with Crippen LogP contribution in [0.15, 0.2) is 36.7 Å². The van der Waals surface area contributed by atoms with Crippen molar-refractivity contribution >= 4 is 17.7 Å². The largest absolute Gasteiger partial charge is 0.447 e. The van der Waals surface area contributed by atoms with Gasteiger partial charge >= 0.3 is 6.09 Å². The Bertz CT molecular complexity index is 892. The first-order chi connectivity index (χ1) is 14.0. The van der Waals surface area contributed by atoms with Gasteiger partial charge in [0.1, 0.15) is 6.61 Å². The molecule has 2 aliphatic heterocycles. The van der Waals surface area contributed by atoms with Gasteiger partial charge in [-0.2, -0.15) is 5.10 Å². The number of aliphatic hydroxyl groups is 1. The zero-order valence-corrected chi connectivity index (χ0v) is 16.7. The van der Waals surface area contributed by atoms with Gasteiger partial charge in [0, 0.05) is 55.0 Å². The van der Waals surface area contributed by atoms with Crippen LogP contribution in [-0.4, -0.2) is 64.6 Å². The summed E-state index contributed by atoms with van der Waals surface area (Å²) in [6.07, 6.45) is 3.49. The van der Waals surface area contributed by atoms with Crippen LogP contribution < -0.4 is 4.90 Å². The molecule has 2 saturated heterocycles. The van der Waals surface area contributed by atoms with Crippen LogP contribution in [0.3, 0.4) is 0 Å². The number of hydrogen-bond acceptors (Lipinski definition) is 5. The van der Waals surface area contributed by atoms with Gasteiger partial charge < -0.3 is 14.7 Å². The number of carbonyl (C=O) groups excluding carboxylic acids is 2. The summed E-state index contributed by atoms with van der Waals surface area (Å²) < 4.78 is 6.85. The number of amides is 2. The number of aliphatic hydroxyl groups excluding tert-OH is 1. The normalized spacial score (nSPS) is 21.9. The highest BCUT2D eigenvalue weighted by Gasteiger charge is 2.37. The van der Waals surface area contributed by atoms with Crippen LogP contribution in [0.25, 0.3) is 0 Å². The monoisotopic (exact) mass is 398 g/mol. The van der Waals surface area contributed by atoms with Crippen molar-refractivity contribution in [3.63, 3.8) is 0 Å². The predicted octanol–water partition coefficient (Wildman–Crippen LogP) is 2.27. The molecule has 0 spiro atoms. The number of benzene rings is 1. The summed E-state index contributed by atoms with van der Waals surface area (Å²) in [5.74, 6) is -0.0183. The topological polar surface area (TPSA) is 87.9 Å². The maximum absolute atomic E-state index is 13.0. The number of ether oxygens (including phenoxy) is 1. The lowest BCUT2D eigenvalue weighted by atomic mass is 9.92. The molecule has 2 aromatic rings. The molecule has 8 heteroatoms. The molecule has 0 bridgehead atoms. The second kappa shape index (κ2) is 7.87. The number of nitrogens with zero attached hydrogens (tertiary/aromatic N) is 4. The summed E-state index contributed by atoms with van der Waals surface area (Å²) in [4.78, 5) is 28.0. The summed E-state index contributed by atoms with van der Waals surface area (Å²) >= 11 is 0. The highest BCUT2D eigenvalue weighted by Crippen LogP contribution is 2.33. The minimum Gasteiger partial charge on any atom is -0.447 e. The first-order valence-electron chi connectivity index (χ1n) is 9.96. The molecule has 1 aromatic carbocycles. The van der Waals surface area contributed by atoms with Crippen molar-refractivity contribution in [2.45, 2.75) is 25.8 Å². The molecule has 2 aliphatic rings. The lowest BCUT2D eigenvalue weighted by molar-refractivity contribution is 0.0781. The zero-order chi connectivity index (χ0) is 20.5. The number of rotatable bonds is 5. The van der Waals surface area contributed by atoms with Crippen molar-refractivity contribution in [1.82, 2.24) is 14.7 Å². The molecule has 0 aliphatic carbocycles. The van der Waals surface area contributed by atoms with Gasteiger partial charge in [-0.3, -0.25) is 14.4 Å². The Morgan fingerprint density at radius 2 is 2.03 bits per heavy atom. The van der Waals surface area contributed by atoms with E-state index in [0.29, 0.717) is 31.8 Å². The number of carbonyl (C=O) groups is 2. The van der Waals surface area contributed by atoms with E-state index in [9.17, 15) is 14.7 Å². The lowest BCUT2D eigenvalue weighted by Crippen LogP contribution is -2.29. The van der Waals surface area contributed by atoms with Gasteiger partial charge in [-0.15, -0.1) is 0 Å². The number of likely N-dealkylation sites (tertiary alicyclic amines) is 1. The molecule has 2 fully saturated rings. The average molecular weight is 398 g/mol. The Morgan fingerprint density at radius 3 is 2.62 bits per heavy atom. The minimum absolute atomic E-state index is 0.0117. The van der Waals surface area contributed by atoms with Crippen LogP contribution in [0.4, 0.5) is 10.5 Å². The molecule has 2 atom stereocenters. The Balaban J connectivity index is 1.48. The Morgan fingerprint density at radius 1 is 1.28 bits per heavy atom. The number of hydrogen-bond donors (Lipinski definition) is 1. The Kier molecular flexibility index (Phi) is 5.27. The molecule has 8 nitrogen and oxygen atoms in total. The van der Waals surface area contributed by atoms with Crippen molar-refractivity contribution in [2.75, 3.05) is 37.7 Å². The standard InChI is InChI=1S/C21H26N4O4/c1-14(2)25-11-16(9-22-25)19-12-23(10-17(19)13-26)20(27)15-3-5-18(6-4-15)24-7-8-29-21(24)28/h3-6,9,11,14,17,19,26H,7-8,10,12-13H2,1-2H3/t17-,19-/m0/s1. The van der Waals surface area contributed by atoms with E-state index in [0.717, 1.165) is 11.3 Å². The average Bonchev–Trinajstić information content (AvgIpc) is 3.46.